The van der Waals surface area contributed by atoms with Crippen LogP contribution in [0.15, 0.2) is 18.2 Å². The molecule has 0 radical (unpaired) electrons. The first-order valence-corrected chi connectivity index (χ1v) is 7.79. The molecule has 1 N–H and O–H groups in total. The molecule has 19 heavy (non-hydrogen) atoms. The summed E-state index contributed by atoms with van der Waals surface area (Å²) in [5.74, 6) is 0. The Morgan fingerprint density at radius 1 is 1.11 bits per heavy atom. The zero-order chi connectivity index (χ0) is 14.1. The number of benzene rings is 1. The molecule has 0 spiro atoms. The molecule has 106 valence electrons. The van der Waals surface area contributed by atoms with Gasteiger partial charge >= 0.3 is 0 Å². The van der Waals surface area contributed by atoms with E-state index < -0.39 is 0 Å². The monoisotopic (exact) mass is 299 g/mol. The van der Waals surface area contributed by atoms with Gasteiger partial charge in [-0.3, -0.25) is 0 Å². The summed E-state index contributed by atoms with van der Waals surface area (Å²) >= 11 is 12.2. The molecule has 0 heterocycles. The number of halogens is 2. The molecule has 0 saturated heterocycles. The molecule has 1 aromatic rings. The lowest BCUT2D eigenvalue weighted by Crippen LogP contribution is -2.45. The number of hydrogen-bond acceptors (Lipinski definition) is 1. The summed E-state index contributed by atoms with van der Waals surface area (Å²) in [6.07, 6.45) is 5.06. The Kier molecular flexibility index (Phi) is 4.49. The molecule has 1 aliphatic rings. The van der Waals surface area contributed by atoms with Crippen LogP contribution in [0.1, 0.15) is 52.0 Å². The van der Waals surface area contributed by atoms with Gasteiger partial charge in [0.1, 0.15) is 0 Å². The summed E-state index contributed by atoms with van der Waals surface area (Å²) < 4.78 is 0. The first-order valence-electron chi connectivity index (χ1n) is 7.03. The molecule has 0 aliphatic heterocycles. The molecule has 0 bridgehead atoms. The van der Waals surface area contributed by atoms with Gasteiger partial charge in [0, 0.05) is 17.5 Å². The first kappa shape index (κ1) is 15.2. The third-order valence-corrected chi connectivity index (χ3v) is 4.79. The maximum atomic E-state index is 6.19. The van der Waals surface area contributed by atoms with E-state index in [0.717, 1.165) is 6.54 Å². The Balaban J connectivity index is 2.25. The molecular weight excluding hydrogens is 277 g/mol. The van der Waals surface area contributed by atoms with Crippen LogP contribution in [0.3, 0.4) is 0 Å². The summed E-state index contributed by atoms with van der Waals surface area (Å²) in [6.45, 7) is 7.65. The molecule has 0 atom stereocenters. The normalized spacial score (nSPS) is 18.8. The second kappa shape index (κ2) is 5.63. The first-order chi connectivity index (χ1) is 8.82. The van der Waals surface area contributed by atoms with E-state index in [0.29, 0.717) is 10.0 Å². The fourth-order valence-corrected chi connectivity index (χ4v) is 3.18. The molecule has 1 nitrogen and oxygen atoms in total. The Labute approximate surface area is 126 Å². The van der Waals surface area contributed by atoms with E-state index in [9.17, 15) is 0 Å². The van der Waals surface area contributed by atoms with Gasteiger partial charge in [0.25, 0.3) is 0 Å². The van der Waals surface area contributed by atoms with Gasteiger partial charge in [-0.2, -0.15) is 0 Å². The molecule has 1 aliphatic carbocycles. The lowest BCUT2D eigenvalue weighted by Gasteiger charge is -2.34. The Morgan fingerprint density at radius 3 is 2.26 bits per heavy atom. The predicted octanol–water partition coefficient (Wildman–Crippen LogP) is 5.19. The molecule has 1 fully saturated rings. The van der Waals surface area contributed by atoms with Crippen LogP contribution in [-0.4, -0.2) is 12.1 Å². The van der Waals surface area contributed by atoms with Crippen molar-refractivity contribution in [3.8, 4) is 0 Å². The maximum absolute atomic E-state index is 6.19. The Morgan fingerprint density at radius 2 is 1.74 bits per heavy atom. The van der Waals surface area contributed by atoms with Gasteiger partial charge in [0.15, 0.2) is 0 Å². The lowest BCUT2D eigenvalue weighted by atomic mass is 9.78. The second-order valence-electron chi connectivity index (χ2n) is 6.72. The summed E-state index contributed by atoms with van der Waals surface area (Å²) in [7, 11) is 0. The number of rotatable bonds is 3. The second-order valence-corrected chi connectivity index (χ2v) is 7.53. The van der Waals surface area contributed by atoms with Crippen LogP contribution < -0.4 is 5.32 Å². The minimum atomic E-state index is 0.145. The van der Waals surface area contributed by atoms with E-state index in [1.165, 1.54) is 31.2 Å². The molecule has 0 amide bonds. The zero-order valence-corrected chi connectivity index (χ0v) is 13.5. The number of nitrogens with one attached hydrogen (secondary N) is 1. The van der Waals surface area contributed by atoms with E-state index in [4.69, 9.17) is 23.2 Å². The highest BCUT2D eigenvalue weighted by atomic mass is 35.5. The highest BCUT2D eigenvalue weighted by Gasteiger charge is 2.36. The van der Waals surface area contributed by atoms with Crippen molar-refractivity contribution in [2.45, 2.75) is 57.4 Å². The number of hydrogen-bond donors (Lipinski definition) is 1. The zero-order valence-electron chi connectivity index (χ0n) is 12.0. The third-order valence-electron chi connectivity index (χ3n) is 4.05. The quantitative estimate of drug-likeness (QED) is 0.809. The van der Waals surface area contributed by atoms with Gasteiger partial charge in [0.2, 0.25) is 0 Å². The van der Waals surface area contributed by atoms with Crippen LogP contribution in [0.2, 0.25) is 10.0 Å². The van der Waals surface area contributed by atoms with Crippen LogP contribution in [0.25, 0.3) is 0 Å². The van der Waals surface area contributed by atoms with Crippen LogP contribution in [0, 0.1) is 0 Å². The topological polar surface area (TPSA) is 12.0 Å². The van der Waals surface area contributed by atoms with Crippen LogP contribution >= 0.6 is 23.2 Å². The van der Waals surface area contributed by atoms with Crippen molar-refractivity contribution < 1.29 is 0 Å². The van der Waals surface area contributed by atoms with Crippen molar-refractivity contribution >= 4 is 23.2 Å². The average molecular weight is 300 g/mol. The molecule has 0 unspecified atom stereocenters. The Hall–Kier alpha value is -0.240. The van der Waals surface area contributed by atoms with E-state index in [1.54, 1.807) is 0 Å². The smallest absolute Gasteiger partial charge is 0.0595 e. The Bertz CT molecular complexity index is 443. The minimum Gasteiger partial charge on any atom is -0.311 e. The largest absolute Gasteiger partial charge is 0.311 e. The van der Waals surface area contributed by atoms with E-state index in [-0.39, 0.29) is 11.0 Å². The summed E-state index contributed by atoms with van der Waals surface area (Å²) in [5, 5.41) is 4.97. The SMILES string of the molecule is CC(C)(C)NCC1(c2ccc(Cl)c(Cl)c2)CCCC1. The van der Waals surface area contributed by atoms with Crippen molar-refractivity contribution in [2.75, 3.05) is 6.54 Å². The van der Waals surface area contributed by atoms with Crippen molar-refractivity contribution in [1.29, 1.82) is 0 Å². The van der Waals surface area contributed by atoms with Crippen LogP contribution in [0.4, 0.5) is 0 Å². The van der Waals surface area contributed by atoms with Crippen molar-refractivity contribution in [3.63, 3.8) is 0 Å². The average Bonchev–Trinajstić information content (AvgIpc) is 2.79. The van der Waals surface area contributed by atoms with Crippen LogP contribution in [-0.2, 0) is 5.41 Å². The fraction of sp³-hybridized carbons (Fsp3) is 0.625. The van der Waals surface area contributed by atoms with Gasteiger partial charge in [-0.1, -0.05) is 42.1 Å². The molecule has 0 aromatic heterocycles. The van der Waals surface area contributed by atoms with Gasteiger partial charge < -0.3 is 5.32 Å². The van der Waals surface area contributed by atoms with Gasteiger partial charge in [-0.05, 0) is 51.3 Å². The fourth-order valence-electron chi connectivity index (χ4n) is 2.88. The minimum absolute atomic E-state index is 0.145. The summed E-state index contributed by atoms with van der Waals surface area (Å²) in [5.41, 5.74) is 1.70. The molecular formula is C16H23Cl2N. The highest BCUT2D eigenvalue weighted by molar-refractivity contribution is 6.42. The van der Waals surface area contributed by atoms with Gasteiger partial charge in [0.05, 0.1) is 10.0 Å². The summed E-state index contributed by atoms with van der Waals surface area (Å²) in [4.78, 5) is 0. The van der Waals surface area contributed by atoms with E-state index >= 15 is 0 Å². The molecule has 1 saturated carbocycles. The predicted molar refractivity (Wildman–Crippen MR) is 84.4 cm³/mol. The van der Waals surface area contributed by atoms with Gasteiger partial charge in [-0.15, -0.1) is 0 Å². The maximum Gasteiger partial charge on any atom is 0.0595 e. The van der Waals surface area contributed by atoms with Crippen LogP contribution in [0.5, 0.6) is 0 Å². The van der Waals surface area contributed by atoms with Crippen molar-refractivity contribution in [3.05, 3.63) is 33.8 Å². The van der Waals surface area contributed by atoms with Crippen molar-refractivity contribution in [1.82, 2.24) is 5.32 Å². The highest BCUT2D eigenvalue weighted by Crippen LogP contribution is 2.42. The van der Waals surface area contributed by atoms with E-state index in [1.807, 2.05) is 6.07 Å². The summed E-state index contributed by atoms with van der Waals surface area (Å²) in [6, 6.07) is 6.12. The standard InChI is InChI=1S/C16H23Cl2N/c1-15(2,3)19-11-16(8-4-5-9-16)12-6-7-13(17)14(18)10-12/h6-7,10,19H,4-5,8-9,11H2,1-3H3. The lowest BCUT2D eigenvalue weighted by molar-refractivity contribution is 0.333. The van der Waals surface area contributed by atoms with Crippen molar-refractivity contribution in [2.24, 2.45) is 0 Å². The van der Waals surface area contributed by atoms with Gasteiger partial charge in [-0.25, -0.2) is 0 Å². The molecule has 1 aromatic carbocycles. The molecule has 2 rings (SSSR count). The van der Waals surface area contributed by atoms with E-state index in [2.05, 4.69) is 38.2 Å². The third kappa shape index (κ3) is 3.65. The molecule has 3 heteroatoms.